The fourth-order valence-corrected chi connectivity index (χ4v) is 1.48. The Morgan fingerprint density at radius 2 is 2.38 bits per heavy atom. The molecule has 0 spiro atoms. The molecule has 0 saturated heterocycles. The van der Waals surface area contributed by atoms with Crippen LogP contribution in [0.3, 0.4) is 0 Å². The molecule has 2 rings (SSSR count). The van der Waals surface area contributed by atoms with Crippen molar-refractivity contribution in [1.29, 1.82) is 0 Å². The van der Waals surface area contributed by atoms with Crippen LogP contribution < -0.4 is 11.1 Å². The molecular formula is C11H17N5. The Morgan fingerprint density at radius 1 is 1.56 bits per heavy atom. The van der Waals surface area contributed by atoms with Gasteiger partial charge in [-0.25, -0.2) is 4.52 Å². The lowest BCUT2D eigenvalue weighted by Crippen LogP contribution is -2.28. The first kappa shape index (κ1) is 10.9. The van der Waals surface area contributed by atoms with Gasteiger partial charge in [-0.1, -0.05) is 13.0 Å². The third-order valence-electron chi connectivity index (χ3n) is 2.60. The van der Waals surface area contributed by atoms with E-state index in [1.807, 2.05) is 25.3 Å². The minimum Gasteiger partial charge on any atom is -0.351 e. The van der Waals surface area contributed by atoms with E-state index in [1.54, 1.807) is 4.52 Å². The summed E-state index contributed by atoms with van der Waals surface area (Å²) in [5.74, 6) is 0.637. The standard InChI is InChI=1S/C11H17N5/c1-3-9(12)7-13-11-14-10-8(2)5-4-6-16(10)15-11/h4-6,9H,3,7,12H2,1-2H3,(H,13,15). The molecule has 0 aliphatic rings. The van der Waals surface area contributed by atoms with Crippen molar-refractivity contribution in [1.82, 2.24) is 14.6 Å². The van der Waals surface area contributed by atoms with Crippen LogP contribution in [0.25, 0.3) is 5.65 Å². The van der Waals surface area contributed by atoms with Gasteiger partial charge in [-0.3, -0.25) is 0 Å². The highest BCUT2D eigenvalue weighted by Crippen LogP contribution is 2.09. The van der Waals surface area contributed by atoms with E-state index in [0.717, 1.165) is 17.6 Å². The van der Waals surface area contributed by atoms with E-state index >= 15 is 0 Å². The molecule has 0 saturated carbocycles. The molecule has 2 heterocycles. The molecule has 0 aliphatic carbocycles. The van der Waals surface area contributed by atoms with Crippen molar-refractivity contribution in [3.8, 4) is 0 Å². The molecule has 5 heteroatoms. The van der Waals surface area contributed by atoms with E-state index < -0.39 is 0 Å². The minimum atomic E-state index is 0.146. The highest BCUT2D eigenvalue weighted by molar-refractivity contribution is 5.49. The molecule has 5 nitrogen and oxygen atoms in total. The molecule has 2 aromatic rings. The fourth-order valence-electron chi connectivity index (χ4n) is 1.48. The summed E-state index contributed by atoms with van der Waals surface area (Å²) in [5, 5.41) is 7.46. The SMILES string of the molecule is CCC(N)CNc1nc2c(C)cccn2n1. The quantitative estimate of drug-likeness (QED) is 0.810. The van der Waals surface area contributed by atoms with Crippen LogP contribution >= 0.6 is 0 Å². The highest BCUT2D eigenvalue weighted by atomic mass is 15.3. The van der Waals surface area contributed by atoms with Crippen molar-refractivity contribution in [2.24, 2.45) is 5.73 Å². The lowest BCUT2D eigenvalue weighted by molar-refractivity contribution is 0.676. The Balaban J connectivity index is 2.17. The lowest BCUT2D eigenvalue weighted by atomic mass is 10.2. The van der Waals surface area contributed by atoms with Gasteiger partial charge in [-0.15, -0.1) is 5.10 Å². The molecule has 2 aromatic heterocycles. The number of nitrogens with one attached hydrogen (secondary N) is 1. The maximum absolute atomic E-state index is 5.82. The van der Waals surface area contributed by atoms with Crippen LogP contribution in [0.2, 0.25) is 0 Å². The third-order valence-corrected chi connectivity index (χ3v) is 2.60. The van der Waals surface area contributed by atoms with Gasteiger partial charge in [0, 0.05) is 18.8 Å². The second-order valence-corrected chi connectivity index (χ2v) is 3.94. The summed E-state index contributed by atoms with van der Waals surface area (Å²) in [4.78, 5) is 4.40. The van der Waals surface area contributed by atoms with Crippen molar-refractivity contribution in [3.05, 3.63) is 23.9 Å². The van der Waals surface area contributed by atoms with Gasteiger partial charge in [-0.2, -0.15) is 4.98 Å². The Kier molecular flexibility index (Phi) is 3.05. The summed E-state index contributed by atoms with van der Waals surface area (Å²) in [6.07, 6.45) is 2.83. The van der Waals surface area contributed by atoms with Crippen molar-refractivity contribution in [2.45, 2.75) is 26.3 Å². The number of fused-ring (bicyclic) bond motifs is 1. The number of nitrogens with two attached hydrogens (primary N) is 1. The van der Waals surface area contributed by atoms with Crippen LogP contribution in [0.15, 0.2) is 18.3 Å². The predicted molar refractivity (Wildman–Crippen MR) is 64.5 cm³/mol. The van der Waals surface area contributed by atoms with Crippen LogP contribution in [0, 0.1) is 6.92 Å². The van der Waals surface area contributed by atoms with Gasteiger partial charge < -0.3 is 11.1 Å². The zero-order valence-corrected chi connectivity index (χ0v) is 9.64. The number of nitrogens with zero attached hydrogens (tertiary/aromatic N) is 3. The monoisotopic (exact) mass is 219 g/mol. The Labute approximate surface area is 94.7 Å². The zero-order valence-electron chi connectivity index (χ0n) is 9.64. The molecule has 3 N–H and O–H groups in total. The van der Waals surface area contributed by atoms with Crippen molar-refractivity contribution in [2.75, 3.05) is 11.9 Å². The summed E-state index contributed by atoms with van der Waals surface area (Å²) in [5.41, 5.74) is 7.82. The average molecular weight is 219 g/mol. The third kappa shape index (κ3) is 2.14. The van der Waals surface area contributed by atoms with E-state index in [2.05, 4.69) is 22.3 Å². The van der Waals surface area contributed by atoms with Crippen molar-refractivity contribution >= 4 is 11.6 Å². The lowest BCUT2D eigenvalue weighted by Gasteiger charge is -2.07. The van der Waals surface area contributed by atoms with Crippen molar-refractivity contribution in [3.63, 3.8) is 0 Å². The van der Waals surface area contributed by atoms with E-state index in [0.29, 0.717) is 12.5 Å². The molecule has 0 aliphatic heterocycles. The summed E-state index contributed by atoms with van der Waals surface area (Å²) >= 11 is 0. The van der Waals surface area contributed by atoms with E-state index in [-0.39, 0.29) is 6.04 Å². The van der Waals surface area contributed by atoms with Gasteiger partial charge in [0.15, 0.2) is 5.65 Å². The second-order valence-electron chi connectivity index (χ2n) is 3.94. The molecule has 0 aromatic carbocycles. The van der Waals surface area contributed by atoms with Gasteiger partial charge in [0.25, 0.3) is 0 Å². The van der Waals surface area contributed by atoms with E-state index in [1.165, 1.54) is 0 Å². The van der Waals surface area contributed by atoms with Gasteiger partial charge in [0.2, 0.25) is 5.95 Å². The molecule has 0 radical (unpaired) electrons. The normalized spacial score (nSPS) is 12.9. The maximum atomic E-state index is 5.82. The summed E-state index contributed by atoms with van der Waals surface area (Å²) in [6.45, 7) is 4.78. The average Bonchev–Trinajstić information content (AvgIpc) is 2.70. The summed E-state index contributed by atoms with van der Waals surface area (Å²) in [7, 11) is 0. The second kappa shape index (κ2) is 4.49. The minimum absolute atomic E-state index is 0.146. The van der Waals surface area contributed by atoms with Crippen LogP contribution in [0.4, 0.5) is 5.95 Å². The number of anilines is 1. The maximum Gasteiger partial charge on any atom is 0.243 e. The predicted octanol–water partition coefficient (Wildman–Crippen LogP) is 1.19. The number of hydrogen-bond acceptors (Lipinski definition) is 4. The molecular weight excluding hydrogens is 202 g/mol. The number of aromatic nitrogens is 3. The summed E-state index contributed by atoms with van der Waals surface area (Å²) in [6, 6.07) is 4.12. The van der Waals surface area contributed by atoms with E-state index in [4.69, 9.17) is 5.73 Å². The number of hydrogen-bond donors (Lipinski definition) is 2. The number of pyridine rings is 1. The smallest absolute Gasteiger partial charge is 0.243 e. The highest BCUT2D eigenvalue weighted by Gasteiger charge is 2.05. The fraction of sp³-hybridized carbons (Fsp3) is 0.455. The molecule has 1 unspecified atom stereocenters. The van der Waals surface area contributed by atoms with Gasteiger partial charge in [0.1, 0.15) is 0 Å². The molecule has 16 heavy (non-hydrogen) atoms. The number of rotatable bonds is 4. The van der Waals surface area contributed by atoms with Crippen molar-refractivity contribution < 1.29 is 0 Å². The molecule has 1 atom stereocenters. The van der Waals surface area contributed by atoms with E-state index in [9.17, 15) is 0 Å². The molecule has 0 bridgehead atoms. The first-order chi connectivity index (χ1) is 7.70. The zero-order chi connectivity index (χ0) is 11.5. The van der Waals surface area contributed by atoms with Gasteiger partial charge >= 0.3 is 0 Å². The first-order valence-electron chi connectivity index (χ1n) is 5.52. The first-order valence-corrected chi connectivity index (χ1v) is 5.52. The Bertz CT molecular complexity index is 476. The molecule has 0 fully saturated rings. The Hall–Kier alpha value is -1.62. The van der Waals surface area contributed by atoms with Gasteiger partial charge in [-0.05, 0) is 25.0 Å². The van der Waals surface area contributed by atoms with Crippen LogP contribution in [-0.2, 0) is 0 Å². The largest absolute Gasteiger partial charge is 0.351 e. The van der Waals surface area contributed by atoms with Crippen LogP contribution in [-0.4, -0.2) is 27.2 Å². The molecule has 86 valence electrons. The van der Waals surface area contributed by atoms with Crippen LogP contribution in [0.1, 0.15) is 18.9 Å². The topological polar surface area (TPSA) is 68.2 Å². The molecule has 0 amide bonds. The van der Waals surface area contributed by atoms with Gasteiger partial charge in [0.05, 0.1) is 0 Å². The summed E-state index contributed by atoms with van der Waals surface area (Å²) < 4.78 is 1.77. The number of aryl methyl sites for hydroxylation is 1. The van der Waals surface area contributed by atoms with Crippen LogP contribution in [0.5, 0.6) is 0 Å². The Morgan fingerprint density at radius 3 is 3.06 bits per heavy atom.